The maximum atomic E-state index is 10.6. The second kappa shape index (κ2) is 6.36. The van der Waals surface area contributed by atoms with Crippen molar-refractivity contribution in [2.45, 2.75) is 45.3 Å². The average molecular weight is 273 g/mol. The Morgan fingerprint density at radius 3 is 2.56 bits per heavy atom. The van der Waals surface area contributed by atoms with Crippen molar-refractivity contribution in [3.63, 3.8) is 0 Å². The SMILES string of the molecule is CCOC(CC)(CC)C(O)c1cc(Cl)cnc1N. The molecule has 1 aromatic heterocycles. The second-order valence-electron chi connectivity index (χ2n) is 4.24. The summed E-state index contributed by atoms with van der Waals surface area (Å²) >= 11 is 5.90. The Balaban J connectivity index is 3.16. The molecule has 4 nitrogen and oxygen atoms in total. The van der Waals surface area contributed by atoms with Crippen molar-refractivity contribution in [1.29, 1.82) is 0 Å². The molecule has 0 fully saturated rings. The van der Waals surface area contributed by atoms with Crippen molar-refractivity contribution in [2.24, 2.45) is 0 Å². The van der Waals surface area contributed by atoms with Crippen molar-refractivity contribution in [3.8, 4) is 0 Å². The molecule has 0 aliphatic rings. The zero-order chi connectivity index (χ0) is 13.8. The summed E-state index contributed by atoms with van der Waals surface area (Å²) < 4.78 is 5.76. The number of aromatic nitrogens is 1. The van der Waals surface area contributed by atoms with Crippen LogP contribution in [0.4, 0.5) is 5.82 Å². The number of hydrogen-bond donors (Lipinski definition) is 2. The highest BCUT2D eigenvalue weighted by Gasteiger charge is 2.37. The van der Waals surface area contributed by atoms with Crippen molar-refractivity contribution >= 4 is 17.4 Å². The first-order valence-corrected chi connectivity index (χ1v) is 6.61. The summed E-state index contributed by atoms with van der Waals surface area (Å²) in [6, 6.07) is 1.65. The normalized spacial score (nSPS) is 13.6. The zero-order valence-corrected chi connectivity index (χ0v) is 11.9. The summed E-state index contributed by atoms with van der Waals surface area (Å²) in [7, 11) is 0. The second-order valence-corrected chi connectivity index (χ2v) is 4.67. The lowest BCUT2D eigenvalue weighted by atomic mass is 9.86. The van der Waals surface area contributed by atoms with Crippen molar-refractivity contribution in [3.05, 3.63) is 22.8 Å². The first-order chi connectivity index (χ1) is 8.50. The van der Waals surface area contributed by atoms with E-state index in [9.17, 15) is 5.11 Å². The van der Waals surface area contributed by atoms with Gasteiger partial charge in [0.25, 0.3) is 0 Å². The van der Waals surface area contributed by atoms with E-state index in [0.717, 1.165) is 0 Å². The molecule has 18 heavy (non-hydrogen) atoms. The van der Waals surface area contributed by atoms with Crippen LogP contribution in [-0.4, -0.2) is 22.3 Å². The molecule has 1 aromatic rings. The zero-order valence-electron chi connectivity index (χ0n) is 11.1. The van der Waals surface area contributed by atoms with Crippen LogP contribution < -0.4 is 5.73 Å². The van der Waals surface area contributed by atoms with Gasteiger partial charge in [-0.15, -0.1) is 0 Å². The van der Waals surface area contributed by atoms with Crippen LogP contribution >= 0.6 is 11.6 Å². The molecule has 0 saturated carbocycles. The number of hydrogen-bond acceptors (Lipinski definition) is 4. The molecule has 102 valence electrons. The molecule has 0 bridgehead atoms. The summed E-state index contributed by atoms with van der Waals surface area (Å²) in [5, 5.41) is 11.0. The molecular formula is C13H21ClN2O2. The number of rotatable bonds is 6. The van der Waals surface area contributed by atoms with Crippen LogP contribution in [0.25, 0.3) is 0 Å². The molecule has 3 N–H and O–H groups in total. The summed E-state index contributed by atoms with van der Waals surface area (Å²) in [4.78, 5) is 3.97. The molecule has 1 heterocycles. The van der Waals surface area contributed by atoms with Gasteiger partial charge in [-0.25, -0.2) is 4.98 Å². The van der Waals surface area contributed by atoms with E-state index in [4.69, 9.17) is 22.1 Å². The highest BCUT2D eigenvalue weighted by atomic mass is 35.5. The molecular weight excluding hydrogens is 252 g/mol. The Morgan fingerprint density at radius 2 is 2.06 bits per heavy atom. The summed E-state index contributed by atoms with van der Waals surface area (Å²) in [6.45, 7) is 6.41. The number of aliphatic hydroxyl groups is 1. The van der Waals surface area contributed by atoms with Crippen LogP contribution in [-0.2, 0) is 4.74 Å². The van der Waals surface area contributed by atoms with E-state index < -0.39 is 11.7 Å². The smallest absolute Gasteiger partial charge is 0.129 e. The van der Waals surface area contributed by atoms with E-state index in [1.165, 1.54) is 6.20 Å². The third kappa shape index (κ3) is 2.94. The first-order valence-electron chi connectivity index (χ1n) is 6.23. The van der Waals surface area contributed by atoms with Crippen LogP contribution in [0.15, 0.2) is 12.3 Å². The lowest BCUT2D eigenvalue weighted by Crippen LogP contribution is -2.39. The summed E-state index contributed by atoms with van der Waals surface area (Å²) in [5.74, 6) is 0.290. The summed E-state index contributed by atoms with van der Waals surface area (Å²) in [6.07, 6.45) is 2.00. The van der Waals surface area contributed by atoms with Gasteiger partial charge in [-0.1, -0.05) is 25.4 Å². The number of nitrogens with two attached hydrogens (primary N) is 1. The highest BCUT2D eigenvalue weighted by molar-refractivity contribution is 6.30. The molecule has 0 radical (unpaired) electrons. The first kappa shape index (κ1) is 15.2. The van der Waals surface area contributed by atoms with Crippen LogP contribution in [0.2, 0.25) is 5.02 Å². The number of ether oxygens (including phenoxy) is 1. The van der Waals surface area contributed by atoms with E-state index in [1.807, 2.05) is 20.8 Å². The Bertz CT molecular complexity index is 395. The van der Waals surface area contributed by atoms with Crippen LogP contribution in [0.3, 0.4) is 0 Å². The minimum Gasteiger partial charge on any atom is -0.385 e. The highest BCUT2D eigenvalue weighted by Crippen LogP contribution is 2.37. The predicted molar refractivity (Wildman–Crippen MR) is 73.6 cm³/mol. The number of anilines is 1. The minimum atomic E-state index is -0.835. The van der Waals surface area contributed by atoms with E-state index in [1.54, 1.807) is 6.07 Å². The topological polar surface area (TPSA) is 68.4 Å². The van der Waals surface area contributed by atoms with E-state index in [0.29, 0.717) is 30.0 Å². The number of nitrogen functional groups attached to an aromatic ring is 1. The Morgan fingerprint density at radius 1 is 1.44 bits per heavy atom. The minimum absolute atomic E-state index is 0.290. The van der Waals surface area contributed by atoms with Gasteiger partial charge in [0.15, 0.2) is 0 Å². The Hall–Kier alpha value is -0.840. The van der Waals surface area contributed by atoms with E-state index >= 15 is 0 Å². The molecule has 1 unspecified atom stereocenters. The largest absolute Gasteiger partial charge is 0.385 e. The van der Waals surface area contributed by atoms with Crippen molar-refractivity contribution in [1.82, 2.24) is 4.98 Å². The molecule has 0 amide bonds. The van der Waals surface area contributed by atoms with Gasteiger partial charge in [0.2, 0.25) is 0 Å². The van der Waals surface area contributed by atoms with Gasteiger partial charge in [0.1, 0.15) is 11.9 Å². The molecule has 1 rings (SSSR count). The fraction of sp³-hybridized carbons (Fsp3) is 0.615. The average Bonchev–Trinajstić information content (AvgIpc) is 2.38. The van der Waals surface area contributed by atoms with Gasteiger partial charge in [-0.05, 0) is 25.8 Å². The van der Waals surface area contributed by atoms with E-state index in [2.05, 4.69) is 4.98 Å². The van der Waals surface area contributed by atoms with Gasteiger partial charge >= 0.3 is 0 Å². The molecule has 0 aliphatic heterocycles. The standard InChI is InChI=1S/C13H21ClN2O2/c1-4-13(5-2,18-6-3)11(17)10-7-9(14)8-16-12(10)15/h7-8,11,17H,4-6H2,1-3H3,(H2,15,16). The molecule has 5 heteroatoms. The molecule has 0 saturated heterocycles. The molecule has 0 spiro atoms. The quantitative estimate of drug-likeness (QED) is 0.835. The number of halogens is 1. The monoisotopic (exact) mass is 272 g/mol. The van der Waals surface area contributed by atoms with Crippen LogP contribution in [0, 0.1) is 0 Å². The summed E-state index contributed by atoms with van der Waals surface area (Å²) in [5.41, 5.74) is 5.69. The molecule has 0 aromatic carbocycles. The maximum Gasteiger partial charge on any atom is 0.129 e. The Labute approximate surface area is 113 Å². The molecule has 0 aliphatic carbocycles. The van der Waals surface area contributed by atoms with Crippen LogP contribution in [0.1, 0.15) is 45.3 Å². The fourth-order valence-electron chi connectivity index (χ4n) is 2.18. The fourth-order valence-corrected chi connectivity index (χ4v) is 2.34. The third-order valence-corrected chi connectivity index (χ3v) is 3.54. The van der Waals surface area contributed by atoms with Gasteiger partial charge in [-0.3, -0.25) is 0 Å². The van der Waals surface area contributed by atoms with Crippen molar-refractivity contribution in [2.75, 3.05) is 12.3 Å². The van der Waals surface area contributed by atoms with Gasteiger partial charge in [0, 0.05) is 18.4 Å². The number of aliphatic hydroxyl groups excluding tert-OH is 1. The third-order valence-electron chi connectivity index (χ3n) is 3.34. The number of pyridine rings is 1. The lowest BCUT2D eigenvalue weighted by Gasteiger charge is -2.36. The van der Waals surface area contributed by atoms with Gasteiger partial charge < -0.3 is 15.6 Å². The number of nitrogens with zero attached hydrogens (tertiary/aromatic N) is 1. The lowest BCUT2D eigenvalue weighted by molar-refractivity contribution is -0.127. The predicted octanol–water partition coefficient (Wildman–Crippen LogP) is 2.95. The van der Waals surface area contributed by atoms with E-state index in [-0.39, 0.29) is 5.82 Å². The van der Waals surface area contributed by atoms with Crippen molar-refractivity contribution < 1.29 is 9.84 Å². The molecule has 1 atom stereocenters. The van der Waals surface area contributed by atoms with Crippen LogP contribution in [0.5, 0.6) is 0 Å². The maximum absolute atomic E-state index is 10.6. The van der Waals surface area contributed by atoms with Gasteiger partial charge in [0.05, 0.1) is 10.6 Å². The Kier molecular flexibility index (Phi) is 5.38. The van der Waals surface area contributed by atoms with Gasteiger partial charge in [-0.2, -0.15) is 0 Å².